The number of benzene rings is 2. The first-order valence-electron chi connectivity index (χ1n) is 15.6. The van der Waals surface area contributed by atoms with Gasteiger partial charge in [0.15, 0.2) is 5.82 Å². The number of aliphatic carboxylic acids is 2. The number of pyridine rings is 2. The minimum atomic E-state index is -1.26. The molecule has 49 heavy (non-hydrogen) atoms. The van der Waals surface area contributed by atoms with Gasteiger partial charge in [-0.05, 0) is 55.8 Å². The summed E-state index contributed by atoms with van der Waals surface area (Å²) < 4.78 is 2.07. The molecule has 0 unspecified atom stereocenters. The Morgan fingerprint density at radius 1 is 0.898 bits per heavy atom. The average molecular weight is 653 g/mol. The van der Waals surface area contributed by atoms with Crippen LogP contribution in [0.1, 0.15) is 35.7 Å². The number of imidazole rings is 1. The predicted octanol–water partition coefficient (Wildman–Crippen LogP) is 5.81. The maximum absolute atomic E-state index is 9.55. The lowest BCUT2D eigenvalue weighted by Gasteiger charge is -2.30. The SMILES string of the molecule is N#Cc1ccn2c(-c3ccccc3)c(-c3ccc(CN4CCC(c5nnc(-c6ccccn6)[nH]5)CC4)cc3)nc2c1.O=C(O)C=CC(=O)O. The van der Waals surface area contributed by atoms with Crippen LogP contribution in [0.25, 0.3) is 39.7 Å². The van der Waals surface area contributed by atoms with Crippen molar-refractivity contribution in [3.8, 4) is 40.1 Å². The molecule has 0 aliphatic carbocycles. The van der Waals surface area contributed by atoms with Crippen molar-refractivity contribution in [2.24, 2.45) is 0 Å². The van der Waals surface area contributed by atoms with E-state index < -0.39 is 11.9 Å². The summed E-state index contributed by atoms with van der Waals surface area (Å²) in [6, 6.07) is 30.7. The second-order valence-corrected chi connectivity index (χ2v) is 11.5. The van der Waals surface area contributed by atoms with E-state index in [4.69, 9.17) is 15.2 Å². The Morgan fingerprint density at radius 2 is 1.61 bits per heavy atom. The molecular formula is C37H32N8O4. The summed E-state index contributed by atoms with van der Waals surface area (Å²) in [6.07, 6.45) is 6.91. The van der Waals surface area contributed by atoms with Crippen LogP contribution in [0.5, 0.6) is 0 Å². The maximum atomic E-state index is 9.55. The number of fused-ring (bicyclic) bond motifs is 1. The highest BCUT2D eigenvalue weighted by molar-refractivity contribution is 5.89. The van der Waals surface area contributed by atoms with Crippen LogP contribution >= 0.6 is 0 Å². The Labute approximate surface area is 281 Å². The van der Waals surface area contributed by atoms with Crippen LogP contribution in [-0.2, 0) is 16.1 Å². The molecule has 5 heterocycles. The van der Waals surface area contributed by atoms with E-state index in [-0.39, 0.29) is 0 Å². The number of rotatable bonds is 8. The first kappa shape index (κ1) is 32.5. The smallest absolute Gasteiger partial charge is 0.328 e. The third-order valence-electron chi connectivity index (χ3n) is 8.19. The third kappa shape index (κ3) is 7.93. The number of H-pyrrole nitrogens is 1. The van der Waals surface area contributed by atoms with Crippen LogP contribution in [0.3, 0.4) is 0 Å². The first-order valence-corrected chi connectivity index (χ1v) is 15.6. The largest absolute Gasteiger partial charge is 0.478 e. The molecule has 4 aromatic heterocycles. The van der Waals surface area contributed by atoms with E-state index in [9.17, 15) is 14.9 Å². The molecule has 0 saturated carbocycles. The molecule has 3 N–H and O–H groups in total. The molecule has 0 radical (unpaired) electrons. The number of carboxylic acid groups (broad SMARTS) is 2. The van der Waals surface area contributed by atoms with E-state index in [0.717, 1.165) is 78.0 Å². The number of hydrogen-bond donors (Lipinski definition) is 3. The second-order valence-electron chi connectivity index (χ2n) is 11.5. The molecular weight excluding hydrogens is 620 g/mol. The number of hydrogen-bond acceptors (Lipinski definition) is 8. The van der Waals surface area contributed by atoms with E-state index in [1.54, 1.807) is 6.20 Å². The number of nitrogens with one attached hydrogen (secondary N) is 1. The van der Waals surface area contributed by atoms with Crippen molar-refractivity contribution >= 4 is 17.6 Å². The highest BCUT2D eigenvalue weighted by Gasteiger charge is 2.24. The van der Waals surface area contributed by atoms with Crippen LogP contribution in [0, 0.1) is 11.3 Å². The van der Waals surface area contributed by atoms with Gasteiger partial charge in [0.1, 0.15) is 17.2 Å². The summed E-state index contributed by atoms with van der Waals surface area (Å²) in [5, 5.41) is 33.8. The van der Waals surface area contributed by atoms with Crippen LogP contribution in [0.2, 0.25) is 0 Å². The van der Waals surface area contributed by atoms with Crippen LogP contribution in [-0.4, -0.2) is 69.7 Å². The zero-order chi connectivity index (χ0) is 34.2. The standard InChI is InChI=1S/C33H28N8.C4H4O4/c34-21-24-13-19-41-29(20-24)36-30(31(41)26-6-2-1-3-7-26)25-11-9-23(10-12-25)22-40-17-14-27(15-18-40)32-37-33(39-38-32)28-8-4-5-16-35-28;5-3(6)1-2-4(7)8/h1-13,16,19-20,27H,14-15,17-18,22H2,(H,37,38,39);1-2H,(H,5,6)(H,7,8). The molecule has 12 nitrogen and oxygen atoms in total. The lowest BCUT2D eigenvalue weighted by Crippen LogP contribution is -2.32. The number of likely N-dealkylation sites (tertiary alicyclic amines) is 1. The van der Waals surface area contributed by atoms with Crippen molar-refractivity contribution in [3.05, 3.63) is 126 Å². The van der Waals surface area contributed by atoms with Gasteiger partial charge in [0.05, 0.1) is 23.0 Å². The highest BCUT2D eigenvalue weighted by Crippen LogP contribution is 2.34. The Morgan fingerprint density at radius 3 is 2.27 bits per heavy atom. The van der Waals surface area contributed by atoms with Crippen LogP contribution < -0.4 is 0 Å². The summed E-state index contributed by atoms with van der Waals surface area (Å²) in [7, 11) is 0. The van der Waals surface area contributed by atoms with Crippen molar-refractivity contribution in [1.29, 1.82) is 5.26 Å². The molecule has 6 aromatic rings. The van der Waals surface area contributed by atoms with Crippen molar-refractivity contribution in [2.45, 2.75) is 25.3 Å². The minimum Gasteiger partial charge on any atom is -0.478 e. The predicted molar refractivity (Wildman–Crippen MR) is 182 cm³/mol. The van der Waals surface area contributed by atoms with Gasteiger partial charge in [-0.3, -0.25) is 14.3 Å². The van der Waals surface area contributed by atoms with Crippen molar-refractivity contribution in [3.63, 3.8) is 0 Å². The Kier molecular flexibility index (Phi) is 9.93. The normalized spacial score (nSPS) is 13.5. The van der Waals surface area contributed by atoms with Gasteiger partial charge in [-0.15, -0.1) is 10.2 Å². The number of aromatic amines is 1. The lowest BCUT2D eigenvalue weighted by atomic mass is 9.95. The van der Waals surface area contributed by atoms with Gasteiger partial charge < -0.3 is 15.2 Å². The van der Waals surface area contributed by atoms with Crippen molar-refractivity contribution in [2.75, 3.05) is 13.1 Å². The summed E-state index contributed by atoms with van der Waals surface area (Å²) in [6.45, 7) is 2.93. The monoisotopic (exact) mass is 652 g/mol. The van der Waals surface area contributed by atoms with Crippen molar-refractivity contribution in [1.82, 2.24) is 34.4 Å². The fraction of sp³-hybridized carbons (Fsp3) is 0.162. The fourth-order valence-electron chi connectivity index (χ4n) is 5.80. The summed E-state index contributed by atoms with van der Waals surface area (Å²) in [5.41, 5.74) is 7.55. The summed E-state index contributed by atoms with van der Waals surface area (Å²) in [4.78, 5) is 34.3. The fourth-order valence-corrected chi connectivity index (χ4v) is 5.80. The van der Waals surface area contributed by atoms with Gasteiger partial charge in [-0.2, -0.15) is 5.26 Å². The number of carbonyl (C=O) groups is 2. The summed E-state index contributed by atoms with van der Waals surface area (Å²) >= 11 is 0. The molecule has 1 aliphatic heterocycles. The number of carboxylic acids is 2. The average Bonchev–Trinajstić information content (AvgIpc) is 3.78. The minimum absolute atomic E-state index is 0.381. The number of piperidine rings is 1. The molecule has 2 aromatic carbocycles. The first-order chi connectivity index (χ1) is 23.9. The van der Waals surface area contributed by atoms with E-state index in [0.29, 0.717) is 23.6 Å². The maximum Gasteiger partial charge on any atom is 0.328 e. The lowest BCUT2D eigenvalue weighted by molar-refractivity contribution is -0.134. The molecule has 0 bridgehead atoms. The van der Waals surface area contributed by atoms with Gasteiger partial charge in [-0.25, -0.2) is 14.6 Å². The molecule has 0 atom stereocenters. The zero-order valence-corrected chi connectivity index (χ0v) is 26.3. The molecule has 1 saturated heterocycles. The molecule has 12 heteroatoms. The van der Waals surface area contributed by atoms with Gasteiger partial charge in [0.2, 0.25) is 0 Å². The second kappa shape index (κ2) is 15.0. The molecule has 0 amide bonds. The molecule has 0 spiro atoms. The van der Waals surface area contributed by atoms with E-state index in [1.165, 1.54) is 5.56 Å². The topological polar surface area (TPSA) is 173 Å². The van der Waals surface area contributed by atoms with Gasteiger partial charge in [-0.1, -0.05) is 60.7 Å². The third-order valence-corrected chi connectivity index (χ3v) is 8.19. The number of nitrogens with zero attached hydrogens (tertiary/aromatic N) is 7. The van der Waals surface area contributed by atoms with Gasteiger partial charge >= 0.3 is 11.9 Å². The van der Waals surface area contributed by atoms with Crippen LogP contribution in [0.4, 0.5) is 0 Å². The molecule has 1 aliphatic rings. The Balaban J connectivity index is 0.000000466. The molecule has 244 valence electrons. The Bertz CT molecular complexity index is 2110. The van der Waals surface area contributed by atoms with Crippen LogP contribution in [0.15, 0.2) is 109 Å². The number of nitriles is 1. The zero-order valence-electron chi connectivity index (χ0n) is 26.3. The molecule has 1 fully saturated rings. The quantitative estimate of drug-likeness (QED) is 0.170. The Hall–Kier alpha value is -6.45. The number of aromatic nitrogens is 6. The van der Waals surface area contributed by atoms with E-state index in [2.05, 4.69) is 71.9 Å². The van der Waals surface area contributed by atoms with Gasteiger partial charge in [0, 0.05) is 48.1 Å². The van der Waals surface area contributed by atoms with Crippen molar-refractivity contribution < 1.29 is 19.8 Å². The highest BCUT2D eigenvalue weighted by atomic mass is 16.4. The van der Waals surface area contributed by atoms with E-state index in [1.807, 2.05) is 54.7 Å². The summed E-state index contributed by atoms with van der Waals surface area (Å²) in [5.74, 6) is -0.445. The van der Waals surface area contributed by atoms with E-state index >= 15 is 0 Å². The van der Waals surface area contributed by atoms with Gasteiger partial charge in [0.25, 0.3) is 0 Å². The molecule has 7 rings (SSSR count).